The summed E-state index contributed by atoms with van der Waals surface area (Å²) in [6, 6.07) is 6.76. The van der Waals surface area contributed by atoms with Gasteiger partial charge in [0.15, 0.2) is 0 Å². The quantitative estimate of drug-likeness (QED) is 0.805. The predicted octanol–water partition coefficient (Wildman–Crippen LogP) is 3.07. The summed E-state index contributed by atoms with van der Waals surface area (Å²) in [5.41, 5.74) is 2.62. The van der Waals surface area contributed by atoms with Gasteiger partial charge in [0, 0.05) is 31.0 Å². The number of ether oxygens (including phenoxy) is 1. The maximum atomic E-state index is 9.63. The number of nitrogens with one attached hydrogen (secondary N) is 1. The average molecular weight is 277 g/mol. The van der Waals surface area contributed by atoms with Gasteiger partial charge in [0.2, 0.25) is 0 Å². The smallest absolute Gasteiger partial charge is 0.122 e. The highest BCUT2D eigenvalue weighted by Crippen LogP contribution is 2.29. The zero-order valence-corrected chi connectivity index (χ0v) is 12.9. The molecule has 1 heterocycles. The highest BCUT2D eigenvalue weighted by molar-refractivity contribution is 5.40. The minimum Gasteiger partial charge on any atom is -0.493 e. The SMILES string of the molecule is CCC(CC)(CO)CNC(C)c1ccc2c(c1)CCO2. The van der Waals surface area contributed by atoms with Crippen LogP contribution in [0.2, 0.25) is 0 Å². The van der Waals surface area contributed by atoms with Gasteiger partial charge in [0.1, 0.15) is 5.75 Å². The van der Waals surface area contributed by atoms with Crippen LogP contribution in [0.3, 0.4) is 0 Å². The maximum Gasteiger partial charge on any atom is 0.122 e. The summed E-state index contributed by atoms with van der Waals surface area (Å²) in [6.45, 7) is 8.39. The molecule has 0 fully saturated rings. The molecule has 2 N–H and O–H groups in total. The Kier molecular flexibility index (Phi) is 5.06. The van der Waals surface area contributed by atoms with Gasteiger partial charge < -0.3 is 15.2 Å². The molecule has 0 bridgehead atoms. The van der Waals surface area contributed by atoms with Crippen LogP contribution in [0.1, 0.15) is 50.8 Å². The van der Waals surface area contributed by atoms with Crippen LogP contribution >= 0.6 is 0 Å². The van der Waals surface area contributed by atoms with Gasteiger partial charge in [-0.1, -0.05) is 26.0 Å². The number of hydrogen-bond donors (Lipinski definition) is 2. The van der Waals surface area contributed by atoms with E-state index >= 15 is 0 Å². The normalized spacial score (nSPS) is 15.8. The first-order valence-corrected chi connectivity index (χ1v) is 7.74. The number of aliphatic hydroxyl groups excluding tert-OH is 1. The van der Waals surface area contributed by atoms with E-state index in [0.717, 1.165) is 38.2 Å². The molecule has 1 aliphatic heterocycles. The van der Waals surface area contributed by atoms with Crippen molar-refractivity contribution in [2.24, 2.45) is 5.41 Å². The van der Waals surface area contributed by atoms with E-state index < -0.39 is 0 Å². The summed E-state index contributed by atoms with van der Waals surface area (Å²) >= 11 is 0. The third-order valence-corrected chi connectivity index (χ3v) is 4.83. The van der Waals surface area contributed by atoms with E-state index in [9.17, 15) is 5.11 Å². The van der Waals surface area contributed by atoms with Crippen molar-refractivity contribution in [1.29, 1.82) is 0 Å². The van der Waals surface area contributed by atoms with Gasteiger partial charge >= 0.3 is 0 Å². The zero-order chi connectivity index (χ0) is 14.6. The minimum atomic E-state index is 0.00803. The number of fused-ring (bicyclic) bond motifs is 1. The van der Waals surface area contributed by atoms with Crippen molar-refractivity contribution in [3.63, 3.8) is 0 Å². The van der Waals surface area contributed by atoms with E-state index in [0.29, 0.717) is 6.04 Å². The lowest BCUT2D eigenvalue weighted by atomic mass is 9.83. The van der Waals surface area contributed by atoms with E-state index in [1.165, 1.54) is 11.1 Å². The van der Waals surface area contributed by atoms with Gasteiger partial charge in [-0.05, 0) is 37.0 Å². The average Bonchev–Trinajstić information content (AvgIpc) is 2.96. The molecule has 1 aromatic carbocycles. The van der Waals surface area contributed by atoms with Gasteiger partial charge in [-0.15, -0.1) is 0 Å². The third kappa shape index (κ3) is 3.15. The second-order valence-electron chi connectivity index (χ2n) is 5.93. The lowest BCUT2D eigenvalue weighted by Gasteiger charge is -2.31. The summed E-state index contributed by atoms with van der Waals surface area (Å²) in [6.07, 6.45) is 3.01. The summed E-state index contributed by atoms with van der Waals surface area (Å²) in [5, 5.41) is 13.2. The summed E-state index contributed by atoms with van der Waals surface area (Å²) < 4.78 is 5.55. The molecule has 1 aliphatic rings. The molecule has 1 unspecified atom stereocenters. The van der Waals surface area contributed by atoms with Crippen LogP contribution in [0.15, 0.2) is 18.2 Å². The van der Waals surface area contributed by atoms with Crippen LogP contribution in [-0.2, 0) is 6.42 Å². The van der Waals surface area contributed by atoms with Gasteiger partial charge in [-0.3, -0.25) is 0 Å². The Bertz CT molecular complexity index is 432. The summed E-state index contributed by atoms with van der Waals surface area (Å²) in [7, 11) is 0. The van der Waals surface area contributed by atoms with Crippen molar-refractivity contribution in [3.05, 3.63) is 29.3 Å². The fraction of sp³-hybridized carbons (Fsp3) is 0.647. The molecule has 20 heavy (non-hydrogen) atoms. The van der Waals surface area contributed by atoms with E-state index in [1.807, 2.05) is 0 Å². The van der Waals surface area contributed by atoms with Crippen LogP contribution in [0.4, 0.5) is 0 Å². The van der Waals surface area contributed by atoms with Gasteiger partial charge in [-0.2, -0.15) is 0 Å². The second kappa shape index (κ2) is 6.59. The fourth-order valence-corrected chi connectivity index (χ4v) is 2.74. The van der Waals surface area contributed by atoms with Crippen LogP contribution < -0.4 is 10.1 Å². The monoisotopic (exact) mass is 277 g/mol. The van der Waals surface area contributed by atoms with E-state index in [-0.39, 0.29) is 12.0 Å². The number of rotatable bonds is 7. The summed E-state index contributed by atoms with van der Waals surface area (Å²) in [4.78, 5) is 0. The molecule has 1 atom stereocenters. The second-order valence-corrected chi connectivity index (χ2v) is 5.93. The van der Waals surface area contributed by atoms with E-state index in [1.54, 1.807) is 0 Å². The largest absolute Gasteiger partial charge is 0.493 e. The standard InChI is InChI=1S/C17H27NO2/c1-4-17(5-2,12-19)11-18-13(3)14-6-7-16-15(10-14)8-9-20-16/h6-7,10,13,18-19H,4-5,8-9,11-12H2,1-3H3. The Balaban J connectivity index is 1.99. The van der Waals surface area contributed by atoms with Crippen molar-refractivity contribution >= 4 is 0 Å². The van der Waals surface area contributed by atoms with Crippen molar-refractivity contribution in [2.75, 3.05) is 19.8 Å². The van der Waals surface area contributed by atoms with Crippen molar-refractivity contribution in [1.82, 2.24) is 5.32 Å². The lowest BCUT2D eigenvalue weighted by molar-refractivity contribution is 0.110. The Hall–Kier alpha value is -1.06. The molecule has 1 aromatic rings. The van der Waals surface area contributed by atoms with Gasteiger partial charge in [-0.25, -0.2) is 0 Å². The molecule has 112 valence electrons. The van der Waals surface area contributed by atoms with Crippen LogP contribution in [-0.4, -0.2) is 24.9 Å². The molecule has 0 radical (unpaired) electrons. The first kappa shape index (κ1) is 15.3. The van der Waals surface area contributed by atoms with E-state index in [2.05, 4.69) is 44.3 Å². The highest BCUT2D eigenvalue weighted by Gasteiger charge is 2.25. The molecular formula is C17H27NO2. The Morgan fingerprint density at radius 2 is 2.10 bits per heavy atom. The molecule has 3 nitrogen and oxygen atoms in total. The number of hydrogen-bond acceptors (Lipinski definition) is 3. The lowest BCUT2D eigenvalue weighted by Crippen LogP contribution is -2.37. The Labute approximate surface area is 122 Å². The molecule has 2 rings (SSSR count). The molecule has 0 saturated carbocycles. The van der Waals surface area contributed by atoms with Crippen molar-refractivity contribution in [2.45, 2.75) is 46.1 Å². The molecule has 3 heteroatoms. The minimum absolute atomic E-state index is 0.00803. The van der Waals surface area contributed by atoms with Crippen LogP contribution in [0.5, 0.6) is 5.75 Å². The Morgan fingerprint density at radius 1 is 1.35 bits per heavy atom. The van der Waals surface area contributed by atoms with Crippen molar-refractivity contribution in [3.8, 4) is 5.75 Å². The highest BCUT2D eigenvalue weighted by atomic mass is 16.5. The molecule has 0 spiro atoms. The van der Waals surface area contributed by atoms with Crippen molar-refractivity contribution < 1.29 is 9.84 Å². The third-order valence-electron chi connectivity index (χ3n) is 4.83. The van der Waals surface area contributed by atoms with Crippen LogP contribution in [0.25, 0.3) is 0 Å². The fourth-order valence-electron chi connectivity index (χ4n) is 2.74. The number of benzene rings is 1. The first-order valence-electron chi connectivity index (χ1n) is 7.74. The summed E-state index contributed by atoms with van der Waals surface area (Å²) in [5.74, 6) is 1.03. The van der Waals surface area contributed by atoms with Gasteiger partial charge in [0.05, 0.1) is 6.61 Å². The van der Waals surface area contributed by atoms with Gasteiger partial charge in [0.25, 0.3) is 0 Å². The maximum absolute atomic E-state index is 9.63. The molecule has 0 aliphatic carbocycles. The Morgan fingerprint density at radius 3 is 2.75 bits per heavy atom. The topological polar surface area (TPSA) is 41.5 Å². The first-order chi connectivity index (χ1) is 9.64. The molecule has 0 saturated heterocycles. The zero-order valence-electron chi connectivity index (χ0n) is 12.9. The van der Waals surface area contributed by atoms with E-state index in [4.69, 9.17) is 4.74 Å². The predicted molar refractivity (Wildman–Crippen MR) is 82.2 cm³/mol. The molecule has 0 amide bonds. The molecule has 0 aromatic heterocycles. The molecular weight excluding hydrogens is 250 g/mol. The van der Waals surface area contributed by atoms with Crippen LogP contribution in [0, 0.1) is 5.41 Å². The number of aliphatic hydroxyl groups is 1.